The molecule has 4 rings (SSSR count). The van der Waals surface area contributed by atoms with Gasteiger partial charge in [-0.05, 0) is 18.1 Å². The van der Waals surface area contributed by atoms with Gasteiger partial charge < -0.3 is 4.52 Å². The molecular weight excluding hydrogens is 331 g/mol. The molecule has 1 nitrogen and oxygen atoms in total. The molecule has 1 fully saturated rings. The quantitative estimate of drug-likeness (QED) is 0.632. The number of hydrogen-bond donors (Lipinski definition) is 0. The molecule has 3 atom stereocenters. The van der Waals surface area contributed by atoms with Crippen LogP contribution in [0.15, 0.2) is 72.3 Å². The van der Waals surface area contributed by atoms with Crippen molar-refractivity contribution in [3.63, 3.8) is 0 Å². The Morgan fingerprint density at radius 2 is 1.71 bits per heavy atom. The van der Waals surface area contributed by atoms with E-state index in [1.165, 1.54) is 22.0 Å². The van der Waals surface area contributed by atoms with Gasteiger partial charge in [0.25, 0.3) is 0 Å². The Hall–Kier alpha value is -1.47. The molecule has 0 aliphatic carbocycles. The first-order valence-electron chi connectivity index (χ1n) is 8.31. The molecule has 0 aromatic heterocycles. The van der Waals surface area contributed by atoms with Crippen molar-refractivity contribution in [3.05, 3.63) is 83.4 Å². The minimum Gasteiger partial charge on any atom is -0.338 e. The molecule has 24 heavy (non-hydrogen) atoms. The normalized spacial score (nSPS) is 32.0. The molecule has 2 aromatic rings. The fourth-order valence-electron chi connectivity index (χ4n) is 3.87. The maximum Gasteiger partial charge on any atom is 0.0971 e. The van der Waals surface area contributed by atoms with E-state index in [4.69, 9.17) is 16.3 Å². The van der Waals surface area contributed by atoms with E-state index in [0.717, 1.165) is 6.16 Å². The second-order valence-corrected chi connectivity index (χ2v) is 11.0. The summed E-state index contributed by atoms with van der Waals surface area (Å²) in [5, 5.41) is 1.31. The minimum absolute atomic E-state index is 0.0198. The van der Waals surface area contributed by atoms with Crippen LogP contribution in [0.1, 0.15) is 25.0 Å². The second-order valence-electron chi connectivity index (χ2n) is 6.88. The number of benzene rings is 2. The highest BCUT2D eigenvalue weighted by molar-refractivity contribution is 8.17. The van der Waals surface area contributed by atoms with Gasteiger partial charge in [-0.15, -0.1) is 0 Å². The Labute approximate surface area is 149 Å². The van der Waals surface area contributed by atoms with Gasteiger partial charge in [-0.1, -0.05) is 97.1 Å². The number of hydrogen-bond acceptors (Lipinski definition) is 2. The fourth-order valence-corrected chi connectivity index (χ4v) is 9.28. The van der Waals surface area contributed by atoms with Gasteiger partial charge >= 0.3 is 0 Å². The van der Waals surface area contributed by atoms with E-state index in [0.29, 0.717) is 0 Å². The Morgan fingerprint density at radius 3 is 2.33 bits per heavy atom. The van der Waals surface area contributed by atoms with Gasteiger partial charge in [0.1, 0.15) is 0 Å². The maximum atomic E-state index is 6.49. The van der Waals surface area contributed by atoms with E-state index >= 15 is 0 Å². The molecule has 0 unspecified atom stereocenters. The van der Waals surface area contributed by atoms with Crippen molar-refractivity contribution in [2.45, 2.75) is 20.0 Å². The van der Waals surface area contributed by atoms with Gasteiger partial charge in [-0.3, -0.25) is 0 Å². The standard InChI is InChI=1S/C21H21OPS/c1-16-20(18-11-7-4-8-12-18)23(24)15-21(16,2)19(22-23)14-13-17-9-5-3-6-10-17/h3-14,19H,15H2,1-2H3/b14-13+/t19-,21+,23+/m0/s1. The van der Waals surface area contributed by atoms with Crippen molar-refractivity contribution in [3.8, 4) is 0 Å². The van der Waals surface area contributed by atoms with Crippen molar-refractivity contribution in [2.75, 3.05) is 6.16 Å². The lowest BCUT2D eigenvalue weighted by molar-refractivity contribution is 0.198. The van der Waals surface area contributed by atoms with Gasteiger partial charge in [0.05, 0.1) is 12.4 Å². The molecule has 0 radical (unpaired) electrons. The predicted octanol–water partition coefficient (Wildman–Crippen LogP) is 5.94. The van der Waals surface area contributed by atoms with Gasteiger partial charge in [0, 0.05) is 16.9 Å². The van der Waals surface area contributed by atoms with Gasteiger partial charge in [0.15, 0.2) is 0 Å². The lowest BCUT2D eigenvalue weighted by Crippen LogP contribution is -2.29. The third-order valence-electron chi connectivity index (χ3n) is 5.31. The third kappa shape index (κ3) is 2.45. The number of fused-ring (bicyclic) bond motifs is 2. The molecule has 0 amide bonds. The summed E-state index contributed by atoms with van der Waals surface area (Å²) in [6, 6.07) is 20.9. The molecule has 0 N–H and O–H groups in total. The van der Waals surface area contributed by atoms with Crippen LogP contribution in [0.4, 0.5) is 0 Å². The summed E-state index contributed by atoms with van der Waals surface area (Å²) in [5.74, 6) is 0. The topological polar surface area (TPSA) is 9.23 Å². The van der Waals surface area contributed by atoms with Crippen LogP contribution in [-0.4, -0.2) is 12.3 Å². The molecule has 0 spiro atoms. The molecule has 1 saturated heterocycles. The highest BCUT2D eigenvalue weighted by Gasteiger charge is 2.56. The van der Waals surface area contributed by atoms with Crippen LogP contribution in [0.5, 0.6) is 0 Å². The van der Waals surface area contributed by atoms with Crippen LogP contribution >= 0.6 is 6.26 Å². The van der Waals surface area contributed by atoms with Crippen molar-refractivity contribution in [1.29, 1.82) is 0 Å². The zero-order valence-electron chi connectivity index (χ0n) is 14.0. The molecule has 3 heteroatoms. The Morgan fingerprint density at radius 1 is 1.08 bits per heavy atom. The summed E-state index contributed by atoms with van der Waals surface area (Å²) in [7, 11) is 0. The highest BCUT2D eigenvalue weighted by Crippen LogP contribution is 2.77. The zero-order chi connectivity index (χ0) is 16.8. The van der Waals surface area contributed by atoms with E-state index in [1.807, 2.05) is 6.07 Å². The molecule has 2 aliphatic rings. The van der Waals surface area contributed by atoms with Crippen LogP contribution < -0.4 is 0 Å². The van der Waals surface area contributed by atoms with Crippen LogP contribution in [-0.2, 0) is 16.3 Å². The van der Waals surface area contributed by atoms with Gasteiger partial charge in [-0.25, -0.2) is 0 Å². The summed E-state index contributed by atoms with van der Waals surface area (Å²) in [5.41, 5.74) is 3.89. The minimum atomic E-state index is -1.95. The SMILES string of the molecule is CC1=C(c2ccccc2)[P@]2(=S)C[C@@]1(C)[C@H](/C=C/c1ccccc1)O2. The Balaban J connectivity index is 1.71. The smallest absolute Gasteiger partial charge is 0.0971 e. The van der Waals surface area contributed by atoms with E-state index in [9.17, 15) is 0 Å². The Kier molecular flexibility index (Phi) is 3.88. The summed E-state index contributed by atoms with van der Waals surface area (Å²) in [4.78, 5) is 0. The maximum absolute atomic E-state index is 6.49. The molecule has 2 aromatic carbocycles. The van der Waals surface area contributed by atoms with Crippen LogP contribution in [0.3, 0.4) is 0 Å². The third-order valence-corrected chi connectivity index (χ3v) is 9.42. The summed E-state index contributed by atoms with van der Waals surface area (Å²) in [6.45, 7) is 4.56. The van der Waals surface area contributed by atoms with Crippen LogP contribution in [0.25, 0.3) is 11.4 Å². The monoisotopic (exact) mass is 352 g/mol. The molecule has 2 aliphatic heterocycles. The first kappa shape index (κ1) is 16.0. The molecular formula is C21H21OPS. The van der Waals surface area contributed by atoms with E-state index in [2.05, 4.69) is 80.6 Å². The van der Waals surface area contributed by atoms with Gasteiger partial charge in [0.2, 0.25) is 0 Å². The van der Waals surface area contributed by atoms with Crippen molar-refractivity contribution >= 4 is 29.5 Å². The average molecular weight is 352 g/mol. The van der Waals surface area contributed by atoms with Crippen LogP contribution in [0.2, 0.25) is 0 Å². The highest BCUT2D eigenvalue weighted by atomic mass is 32.4. The molecule has 0 saturated carbocycles. The van der Waals surface area contributed by atoms with E-state index < -0.39 is 6.26 Å². The first-order chi connectivity index (χ1) is 11.5. The molecule has 122 valence electrons. The molecule has 2 bridgehead atoms. The fraction of sp³-hybridized carbons (Fsp3) is 0.238. The average Bonchev–Trinajstić information content (AvgIpc) is 2.97. The predicted molar refractivity (Wildman–Crippen MR) is 107 cm³/mol. The summed E-state index contributed by atoms with van der Waals surface area (Å²) in [6.07, 6.45) is 3.48. The lowest BCUT2D eigenvalue weighted by Gasteiger charge is -2.32. The summed E-state index contributed by atoms with van der Waals surface area (Å²) >= 11 is 6.07. The zero-order valence-corrected chi connectivity index (χ0v) is 15.7. The van der Waals surface area contributed by atoms with Crippen molar-refractivity contribution < 1.29 is 4.52 Å². The largest absolute Gasteiger partial charge is 0.338 e. The summed E-state index contributed by atoms with van der Waals surface area (Å²) < 4.78 is 6.49. The number of rotatable bonds is 3. The second kappa shape index (κ2) is 5.81. The Bertz CT molecular complexity index is 869. The molecule has 2 heterocycles. The van der Waals surface area contributed by atoms with Crippen molar-refractivity contribution in [2.24, 2.45) is 5.41 Å². The first-order valence-corrected chi connectivity index (χ1v) is 11.2. The van der Waals surface area contributed by atoms with Crippen molar-refractivity contribution in [1.82, 2.24) is 0 Å². The van der Waals surface area contributed by atoms with E-state index in [1.54, 1.807) is 0 Å². The van der Waals surface area contributed by atoms with E-state index in [-0.39, 0.29) is 11.5 Å². The lowest BCUT2D eigenvalue weighted by atomic mass is 9.78. The van der Waals surface area contributed by atoms with Gasteiger partial charge in [-0.2, -0.15) is 0 Å². The van der Waals surface area contributed by atoms with Crippen LogP contribution in [0, 0.1) is 5.41 Å².